The van der Waals surface area contributed by atoms with E-state index in [0.29, 0.717) is 5.92 Å². The van der Waals surface area contributed by atoms with Crippen LogP contribution in [0.2, 0.25) is 0 Å². The molecule has 0 bridgehead atoms. The van der Waals surface area contributed by atoms with Gasteiger partial charge >= 0.3 is 0 Å². The van der Waals surface area contributed by atoms with Gasteiger partial charge in [-0.1, -0.05) is 32.9 Å². The van der Waals surface area contributed by atoms with Crippen LogP contribution in [0.3, 0.4) is 0 Å². The normalized spacial score (nSPS) is 10.7. The van der Waals surface area contributed by atoms with Crippen molar-refractivity contribution in [3.05, 3.63) is 29.8 Å². The second kappa shape index (κ2) is 4.56. The van der Waals surface area contributed by atoms with Gasteiger partial charge in [-0.15, -0.1) is 11.8 Å². The van der Waals surface area contributed by atoms with Gasteiger partial charge in [-0.05, 0) is 29.4 Å². The first kappa shape index (κ1) is 9.66. The maximum absolute atomic E-state index is 2.29. The highest BCUT2D eigenvalue weighted by molar-refractivity contribution is 7.99. The third-order valence-corrected chi connectivity index (χ3v) is 2.71. The molecule has 0 saturated heterocycles. The topological polar surface area (TPSA) is 0 Å². The minimum absolute atomic E-state index is 0.641. The van der Waals surface area contributed by atoms with Crippen molar-refractivity contribution in [2.24, 2.45) is 0 Å². The molecule has 1 aromatic rings. The molecule has 0 aliphatic rings. The van der Waals surface area contributed by atoms with Crippen LogP contribution < -0.4 is 0 Å². The molecule has 0 heterocycles. The summed E-state index contributed by atoms with van der Waals surface area (Å²) in [5, 5.41) is 0. The van der Waals surface area contributed by atoms with Crippen molar-refractivity contribution in [1.82, 2.24) is 0 Å². The minimum Gasteiger partial charge on any atom is -0.126 e. The average Bonchev–Trinajstić information content (AvgIpc) is 2.05. The van der Waals surface area contributed by atoms with Crippen molar-refractivity contribution >= 4 is 11.8 Å². The van der Waals surface area contributed by atoms with E-state index in [1.807, 2.05) is 11.8 Å². The highest BCUT2D eigenvalue weighted by Crippen LogP contribution is 2.22. The van der Waals surface area contributed by atoms with Gasteiger partial charge in [0.2, 0.25) is 0 Å². The van der Waals surface area contributed by atoms with E-state index in [9.17, 15) is 0 Å². The molecular formula is C11H16S. The molecule has 1 heteroatoms. The van der Waals surface area contributed by atoms with Crippen molar-refractivity contribution in [2.45, 2.75) is 31.6 Å². The molecule has 1 aromatic carbocycles. The molecule has 0 aliphatic heterocycles. The van der Waals surface area contributed by atoms with Gasteiger partial charge in [-0.25, -0.2) is 0 Å². The molecule has 0 saturated carbocycles. The molecular weight excluding hydrogens is 164 g/mol. The Morgan fingerprint density at radius 3 is 2.67 bits per heavy atom. The molecule has 0 nitrogen and oxygen atoms in total. The molecule has 12 heavy (non-hydrogen) atoms. The maximum atomic E-state index is 2.29. The van der Waals surface area contributed by atoms with Crippen LogP contribution in [0.15, 0.2) is 29.2 Å². The van der Waals surface area contributed by atoms with Gasteiger partial charge in [0.25, 0.3) is 0 Å². The first-order valence-corrected chi connectivity index (χ1v) is 5.45. The summed E-state index contributed by atoms with van der Waals surface area (Å²) in [6, 6.07) is 8.82. The predicted molar refractivity (Wildman–Crippen MR) is 56.9 cm³/mol. The van der Waals surface area contributed by atoms with Crippen LogP contribution in [0.25, 0.3) is 0 Å². The van der Waals surface area contributed by atoms with Crippen molar-refractivity contribution in [2.75, 3.05) is 5.75 Å². The first-order valence-electron chi connectivity index (χ1n) is 4.46. The van der Waals surface area contributed by atoms with Crippen LogP contribution in [-0.4, -0.2) is 5.75 Å². The molecule has 0 atom stereocenters. The molecule has 0 N–H and O–H groups in total. The molecule has 0 aromatic heterocycles. The van der Waals surface area contributed by atoms with Gasteiger partial charge in [0.1, 0.15) is 0 Å². The van der Waals surface area contributed by atoms with Crippen LogP contribution in [0.4, 0.5) is 0 Å². The predicted octanol–water partition coefficient (Wildman–Crippen LogP) is 3.92. The summed E-state index contributed by atoms with van der Waals surface area (Å²) in [6.07, 6.45) is 0. The van der Waals surface area contributed by atoms with Crippen LogP contribution in [0, 0.1) is 0 Å². The molecule has 66 valence electrons. The number of hydrogen-bond donors (Lipinski definition) is 0. The molecule has 0 unspecified atom stereocenters. The fourth-order valence-electron chi connectivity index (χ4n) is 1.13. The first-order chi connectivity index (χ1) is 5.74. The van der Waals surface area contributed by atoms with E-state index in [0.717, 1.165) is 5.75 Å². The summed E-state index contributed by atoms with van der Waals surface area (Å²) in [5.74, 6) is 1.80. The van der Waals surface area contributed by atoms with Crippen LogP contribution in [-0.2, 0) is 0 Å². The molecule has 0 radical (unpaired) electrons. The fraction of sp³-hybridized carbons (Fsp3) is 0.455. The lowest BCUT2D eigenvalue weighted by Gasteiger charge is -2.06. The van der Waals surface area contributed by atoms with Gasteiger partial charge in [0, 0.05) is 4.90 Å². The van der Waals surface area contributed by atoms with E-state index in [1.165, 1.54) is 10.5 Å². The van der Waals surface area contributed by atoms with Crippen LogP contribution in [0.1, 0.15) is 32.3 Å². The SMILES string of the molecule is CCSc1cccc(C(C)C)c1. The Balaban J connectivity index is 2.81. The van der Waals surface area contributed by atoms with Crippen molar-refractivity contribution < 1.29 is 0 Å². The number of benzene rings is 1. The fourth-order valence-corrected chi connectivity index (χ4v) is 1.86. The Hall–Kier alpha value is -0.430. The highest BCUT2D eigenvalue weighted by Gasteiger charge is 1.99. The quantitative estimate of drug-likeness (QED) is 0.635. The smallest absolute Gasteiger partial charge is 0.00746 e. The number of thioether (sulfide) groups is 1. The Morgan fingerprint density at radius 1 is 1.33 bits per heavy atom. The van der Waals surface area contributed by atoms with Crippen molar-refractivity contribution in [1.29, 1.82) is 0 Å². The van der Waals surface area contributed by atoms with E-state index >= 15 is 0 Å². The molecule has 0 spiro atoms. The lowest BCUT2D eigenvalue weighted by atomic mass is 10.0. The second-order valence-corrected chi connectivity index (χ2v) is 4.50. The Labute approximate surface area is 79.4 Å². The summed E-state index contributed by atoms with van der Waals surface area (Å²) in [6.45, 7) is 6.65. The second-order valence-electron chi connectivity index (χ2n) is 3.16. The van der Waals surface area contributed by atoms with Crippen LogP contribution >= 0.6 is 11.8 Å². The summed E-state index contributed by atoms with van der Waals surface area (Å²) in [5.41, 5.74) is 1.44. The molecule has 1 rings (SSSR count). The Morgan fingerprint density at radius 2 is 2.08 bits per heavy atom. The summed E-state index contributed by atoms with van der Waals surface area (Å²) >= 11 is 1.91. The van der Waals surface area contributed by atoms with E-state index < -0.39 is 0 Å². The monoisotopic (exact) mass is 180 g/mol. The van der Waals surface area contributed by atoms with Gasteiger partial charge in [-0.3, -0.25) is 0 Å². The zero-order valence-corrected chi connectivity index (χ0v) is 8.82. The molecule has 0 amide bonds. The van der Waals surface area contributed by atoms with E-state index in [2.05, 4.69) is 45.0 Å². The van der Waals surface area contributed by atoms with E-state index in [-0.39, 0.29) is 0 Å². The van der Waals surface area contributed by atoms with Gasteiger partial charge < -0.3 is 0 Å². The molecule has 0 fully saturated rings. The van der Waals surface area contributed by atoms with Crippen molar-refractivity contribution in [3.63, 3.8) is 0 Å². The summed E-state index contributed by atoms with van der Waals surface area (Å²) < 4.78 is 0. The van der Waals surface area contributed by atoms with E-state index in [4.69, 9.17) is 0 Å². The van der Waals surface area contributed by atoms with Gasteiger partial charge in [0.05, 0.1) is 0 Å². The Kier molecular flexibility index (Phi) is 3.67. The van der Waals surface area contributed by atoms with Crippen molar-refractivity contribution in [3.8, 4) is 0 Å². The van der Waals surface area contributed by atoms with Gasteiger partial charge in [-0.2, -0.15) is 0 Å². The number of rotatable bonds is 3. The highest BCUT2D eigenvalue weighted by atomic mass is 32.2. The zero-order chi connectivity index (χ0) is 8.97. The van der Waals surface area contributed by atoms with Crippen LogP contribution in [0.5, 0.6) is 0 Å². The Bertz CT molecular complexity index is 241. The van der Waals surface area contributed by atoms with Gasteiger partial charge in [0.15, 0.2) is 0 Å². The maximum Gasteiger partial charge on any atom is 0.00746 e. The number of hydrogen-bond acceptors (Lipinski definition) is 1. The third kappa shape index (κ3) is 2.56. The molecule has 0 aliphatic carbocycles. The zero-order valence-electron chi connectivity index (χ0n) is 8.00. The lowest BCUT2D eigenvalue weighted by Crippen LogP contribution is -1.86. The largest absolute Gasteiger partial charge is 0.126 e. The van der Waals surface area contributed by atoms with E-state index in [1.54, 1.807) is 0 Å². The summed E-state index contributed by atoms with van der Waals surface area (Å²) in [4.78, 5) is 1.39. The summed E-state index contributed by atoms with van der Waals surface area (Å²) in [7, 11) is 0. The average molecular weight is 180 g/mol. The lowest BCUT2D eigenvalue weighted by molar-refractivity contribution is 0.862. The standard InChI is InChI=1S/C11H16S/c1-4-12-11-7-5-6-10(8-11)9(2)3/h5-9H,4H2,1-3H3. The minimum atomic E-state index is 0.641. The third-order valence-electron chi connectivity index (χ3n) is 1.84.